The quantitative estimate of drug-likeness (QED) is 0.685. The zero-order valence-electron chi connectivity index (χ0n) is 18.0. The van der Waals surface area contributed by atoms with E-state index in [-0.39, 0.29) is 6.04 Å². The van der Waals surface area contributed by atoms with Crippen LogP contribution in [-0.4, -0.2) is 68.1 Å². The third-order valence-electron chi connectivity index (χ3n) is 6.24. The molecule has 0 spiro atoms. The average Bonchev–Trinajstić information content (AvgIpc) is 2.84. The summed E-state index contributed by atoms with van der Waals surface area (Å²) in [5.41, 5.74) is 1.83. The maximum atomic E-state index is 14.6. The summed E-state index contributed by atoms with van der Waals surface area (Å²) >= 11 is 0. The lowest BCUT2D eigenvalue weighted by Gasteiger charge is -2.44. The van der Waals surface area contributed by atoms with Crippen molar-refractivity contribution >= 4 is 17.7 Å². The highest BCUT2D eigenvalue weighted by atomic mass is 19.1. The number of likely N-dealkylation sites (tertiary alicyclic amines) is 1. The molecule has 31 heavy (non-hydrogen) atoms. The molecule has 0 bridgehead atoms. The Morgan fingerprint density at radius 1 is 1.00 bits per heavy atom. The second-order valence-corrected chi connectivity index (χ2v) is 8.15. The van der Waals surface area contributed by atoms with Crippen LogP contribution in [-0.2, 0) is 4.79 Å². The fourth-order valence-electron chi connectivity index (χ4n) is 4.56. The predicted octanol–water partition coefficient (Wildman–Crippen LogP) is 3.82. The lowest BCUT2D eigenvalue weighted by atomic mass is 10.0. The van der Waals surface area contributed by atoms with E-state index in [2.05, 4.69) is 15.9 Å². The van der Waals surface area contributed by atoms with Gasteiger partial charge in [-0.25, -0.2) is 4.39 Å². The standard InChI is InChI=1S/C25H30FN3O2/c1-31-24-12-6-5-11-23(24)28-16-14-27(15-17-28)21-10-7-13-29(19-21)25(30)22(26)18-20-8-3-2-4-9-20/h2-6,8-9,11-12,18,21H,7,10,13-17,19H2,1H3/b22-18-/t21-/m0/s1. The van der Waals surface area contributed by atoms with Crippen LogP contribution in [0.2, 0.25) is 0 Å². The van der Waals surface area contributed by atoms with Crippen LogP contribution in [0.3, 0.4) is 0 Å². The largest absolute Gasteiger partial charge is 0.495 e. The number of para-hydroxylation sites is 2. The van der Waals surface area contributed by atoms with Gasteiger partial charge >= 0.3 is 0 Å². The smallest absolute Gasteiger partial charge is 0.282 e. The Balaban J connectivity index is 1.35. The van der Waals surface area contributed by atoms with E-state index in [0.29, 0.717) is 18.7 Å². The number of hydrogen-bond donors (Lipinski definition) is 0. The highest BCUT2D eigenvalue weighted by molar-refractivity contribution is 5.95. The number of carbonyl (C=O) groups is 1. The second kappa shape index (κ2) is 9.96. The number of piperidine rings is 1. The van der Waals surface area contributed by atoms with Crippen LogP contribution in [0.4, 0.5) is 10.1 Å². The molecule has 1 atom stereocenters. The Labute approximate surface area is 183 Å². The SMILES string of the molecule is COc1ccccc1N1CCN([C@H]2CCCN(C(=O)/C(F)=C/c3ccccc3)C2)CC1. The van der Waals surface area contributed by atoms with Crippen molar-refractivity contribution in [2.24, 2.45) is 0 Å². The number of benzene rings is 2. The molecule has 2 aromatic rings. The Morgan fingerprint density at radius 3 is 2.45 bits per heavy atom. The fraction of sp³-hybridized carbons (Fsp3) is 0.400. The molecule has 164 valence electrons. The molecule has 4 rings (SSSR count). The Kier molecular flexibility index (Phi) is 6.87. The van der Waals surface area contributed by atoms with E-state index >= 15 is 0 Å². The third kappa shape index (κ3) is 5.07. The molecule has 2 aliphatic heterocycles. The van der Waals surface area contributed by atoms with Gasteiger partial charge in [-0.3, -0.25) is 9.69 Å². The molecule has 2 saturated heterocycles. The zero-order chi connectivity index (χ0) is 21.6. The summed E-state index contributed by atoms with van der Waals surface area (Å²) in [6.07, 6.45) is 3.28. The van der Waals surface area contributed by atoms with Gasteiger partial charge in [-0.15, -0.1) is 0 Å². The average molecular weight is 424 g/mol. The summed E-state index contributed by atoms with van der Waals surface area (Å²) in [5.74, 6) is -0.292. The Hall–Kier alpha value is -2.86. The highest BCUT2D eigenvalue weighted by Crippen LogP contribution is 2.29. The van der Waals surface area contributed by atoms with Crippen LogP contribution >= 0.6 is 0 Å². The van der Waals surface area contributed by atoms with Crippen LogP contribution < -0.4 is 9.64 Å². The number of halogens is 1. The minimum Gasteiger partial charge on any atom is -0.495 e. The van der Waals surface area contributed by atoms with Crippen molar-refractivity contribution in [1.29, 1.82) is 0 Å². The van der Waals surface area contributed by atoms with Crippen molar-refractivity contribution in [3.63, 3.8) is 0 Å². The summed E-state index contributed by atoms with van der Waals surface area (Å²) in [7, 11) is 1.70. The van der Waals surface area contributed by atoms with E-state index in [1.54, 1.807) is 24.1 Å². The number of carbonyl (C=O) groups excluding carboxylic acids is 1. The van der Waals surface area contributed by atoms with E-state index in [1.807, 2.05) is 36.4 Å². The molecule has 2 fully saturated rings. The molecule has 1 amide bonds. The summed E-state index contributed by atoms with van der Waals surface area (Å²) in [5, 5.41) is 0. The van der Waals surface area contributed by atoms with Gasteiger partial charge in [0.2, 0.25) is 0 Å². The van der Waals surface area contributed by atoms with Gasteiger partial charge in [-0.1, -0.05) is 42.5 Å². The first-order valence-electron chi connectivity index (χ1n) is 11.0. The first-order chi connectivity index (χ1) is 15.2. The molecular formula is C25H30FN3O2. The van der Waals surface area contributed by atoms with Crippen LogP contribution in [0.5, 0.6) is 5.75 Å². The number of amides is 1. The monoisotopic (exact) mass is 423 g/mol. The summed E-state index contributed by atoms with van der Waals surface area (Å²) in [6, 6.07) is 17.5. The lowest BCUT2D eigenvalue weighted by molar-refractivity contribution is -0.130. The van der Waals surface area contributed by atoms with Gasteiger partial charge in [0.1, 0.15) is 5.75 Å². The number of methoxy groups -OCH3 is 1. The zero-order valence-corrected chi connectivity index (χ0v) is 18.0. The first kappa shape index (κ1) is 21.4. The summed E-state index contributed by atoms with van der Waals surface area (Å²) < 4.78 is 20.1. The van der Waals surface area contributed by atoms with E-state index in [1.165, 1.54) is 6.08 Å². The first-order valence-corrected chi connectivity index (χ1v) is 11.0. The van der Waals surface area contributed by atoms with Crippen molar-refractivity contribution < 1.29 is 13.9 Å². The van der Waals surface area contributed by atoms with E-state index in [9.17, 15) is 9.18 Å². The highest BCUT2D eigenvalue weighted by Gasteiger charge is 2.31. The molecule has 2 heterocycles. The topological polar surface area (TPSA) is 36.0 Å². The van der Waals surface area contributed by atoms with Crippen LogP contribution in [0, 0.1) is 0 Å². The molecule has 5 nitrogen and oxygen atoms in total. The van der Waals surface area contributed by atoms with Crippen molar-refractivity contribution in [1.82, 2.24) is 9.80 Å². The van der Waals surface area contributed by atoms with Gasteiger partial charge in [-0.2, -0.15) is 0 Å². The predicted molar refractivity (Wildman–Crippen MR) is 122 cm³/mol. The molecule has 6 heteroatoms. The number of hydrogen-bond acceptors (Lipinski definition) is 4. The van der Waals surface area contributed by atoms with Gasteiger partial charge < -0.3 is 14.5 Å². The van der Waals surface area contributed by atoms with Gasteiger partial charge in [0.15, 0.2) is 5.83 Å². The van der Waals surface area contributed by atoms with Crippen molar-refractivity contribution in [3.8, 4) is 5.75 Å². The van der Waals surface area contributed by atoms with Gasteiger partial charge in [-0.05, 0) is 36.6 Å². The van der Waals surface area contributed by atoms with E-state index in [0.717, 1.165) is 50.5 Å². The number of ether oxygens (including phenoxy) is 1. The molecule has 0 saturated carbocycles. The maximum absolute atomic E-state index is 14.6. The lowest BCUT2D eigenvalue weighted by Crippen LogP contribution is -2.56. The van der Waals surface area contributed by atoms with Crippen LogP contribution in [0.1, 0.15) is 18.4 Å². The normalized spacial score (nSPS) is 20.6. The Morgan fingerprint density at radius 2 is 1.71 bits per heavy atom. The molecule has 0 N–H and O–H groups in total. The molecule has 0 aliphatic carbocycles. The van der Waals surface area contributed by atoms with Gasteiger partial charge in [0.05, 0.1) is 12.8 Å². The molecule has 0 unspecified atom stereocenters. The van der Waals surface area contributed by atoms with Crippen LogP contribution in [0.25, 0.3) is 6.08 Å². The van der Waals surface area contributed by atoms with Crippen molar-refractivity contribution in [3.05, 3.63) is 66.0 Å². The van der Waals surface area contributed by atoms with Crippen LogP contribution in [0.15, 0.2) is 60.4 Å². The van der Waals surface area contributed by atoms with Gasteiger partial charge in [0.25, 0.3) is 5.91 Å². The molecule has 0 radical (unpaired) electrons. The number of piperazine rings is 1. The Bertz CT molecular complexity index is 910. The molecule has 0 aromatic heterocycles. The summed E-state index contributed by atoms with van der Waals surface area (Å²) in [4.78, 5) is 19.2. The van der Waals surface area contributed by atoms with Crippen molar-refractivity contribution in [2.75, 3.05) is 51.3 Å². The molecule has 2 aliphatic rings. The number of anilines is 1. The van der Waals surface area contributed by atoms with E-state index in [4.69, 9.17) is 4.74 Å². The fourth-order valence-corrected chi connectivity index (χ4v) is 4.56. The van der Waals surface area contributed by atoms with E-state index < -0.39 is 11.7 Å². The minimum atomic E-state index is -0.687. The second-order valence-electron chi connectivity index (χ2n) is 8.15. The maximum Gasteiger partial charge on any atom is 0.282 e. The third-order valence-corrected chi connectivity index (χ3v) is 6.24. The molecule has 2 aromatic carbocycles. The minimum absolute atomic E-state index is 0.280. The van der Waals surface area contributed by atoms with Crippen molar-refractivity contribution in [2.45, 2.75) is 18.9 Å². The number of rotatable bonds is 5. The summed E-state index contributed by atoms with van der Waals surface area (Å²) in [6.45, 7) is 4.87. The molecular weight excluding hydrogens is 393 g/mol. The number of nitrogens with zero attached hydrogens (tertiary/aromatic N) is 3. The van der Waals surface area contributed by atoms with Gasteiger partial charge in [0, 0.05) is 45.3 Å².